The molecule has 0 fully saturated rings. The molecule has 0 saturated heterocycles. The smallest absolute Gasteiger partial charge is 0.493 e. The SMILES string of the molecule is COc1cccc(OC)c1OC(=O)OCC(O)CO. The number of para-hydroxylation sites is 1. The Morgan fingerprint density at radius 1 is 1.26 bits per heavy atom. The summed E-state index contributed by atoms with van der Waals surface area (Å²) in [5, 5.41) is 17.6. The van der Waals surface area contributed by atoms with Crippen LogP contribution in [0, 0.1) is 0 Å². The second-order valence-electron chi connectivity index (χ2n) is 3.49. The lowest BCUT2D eigenvalue weighted by Gasteiger charge is -2.13. The van der Waals surface area contributed by atoms with Crippen LogP contribution in [0.4, 0.5) is 4.79 Å². The third kappa shape index (κ3) is 4.31. The van der Waals surface area contributed by atoms with Gasteiger partial charge in [0, 0.05) is 0 Å². The quantitative estimate of drug-likeness (QED) is 0.577. The summed E-state index contributed by atoms with van der Waals surface area (Å²) in [5.41, 5.74) is 0. The molecule has 2 N–H and O–H groups in total. The van der Waals surface area contributed by atoms with Gasteiger partial charge in [0.1, 0.15) is 12.7 Å². The number of rotatable bonds is 6. The first-order chi connectivity index (χ1) is 9.12. The van der Waals surface area contributed by atoms with Crippen molar-refractivity contribution in [2.75, 3.05) is 27.4 Å². The van der Waals surface area contributed by atoms with Crippen LogP contribution in [-0.4, -0.2) is 49.9 Å². The molecule has 7 nitrogen and oxygen atoms in total. The molecule has 0 aliphatic heterocycles. The maximum absolute atomic E-state index is 11.4. The zero-order chi connectivity index (χ0) is 14.3. The molecule has 0 aromatic heterocycles. The predicted molar refractivity (Wildman–Crippen MR) is 64.6 cm³/mol. The molecule has 0 radical (unpaired) electrons. The van der Waals surface area contributed by atoms with Gasteiger partial charge in [0.25, 0.3) is 0 Å². The van der Waals surface area contributed by atoms with Crippen molar-refractivity contribution < 1.29 is 34.0 Å². The number of aliphatic hydroxyl groups is 2. The van der Waals surface area contributed by atoms with Crippen molar-refractivity contribution >= 4 is 6.16 Å². The molecule has 0 bridgehead atoms. The molecule has 106 valence electrons. The fourth-order valence-electron chi connectivity index (χ4n) is 1.25. The molecule has 1 aromatic carbocycles. The van der Waals surface area contributed by atoms with Gasteiger partial charge in [0.2, 0.25) is 5.75 Å². The fourth-order valence-corrected chi connectivity index (χ4v) is 1.25. The molecule has 0 aliphatic carbocycles. The number of ether oxygens (including phenoxy) is 4. The average Bonchev–Trinajstić information content (AvgIpc) is 2.44. The van der Waals surface area contributed by atoms with Crippen molar-refractivity contribution in [2.24, 2.45) is 0 Å². The monoisotopic (exact) mass is 272 g/mol. The van der Waals surface area contributed by atoms with Crippen molar-refractivity contribution in [3.63, 3.8) is 0 Å². The lowest BCUT2D eigenvalue weighted by atomic mass is 10.3. The number of methoxy groups -OCH3 is 2. The largest absolute Gasteiger partial charge is 0.514 e. The first-order valence-corrected chi connectivity index (χ1v) is 5.46. The van der Waals surface area contributed by atoms with Gasteiger partial charge < -0.3 is 29.2 Å². The van der Waals surface area contributed by atoms with Crippen molar-refractivity contribution in [1.29, 1.82) is 0 Å². The molecule has 7 heteroatoms. The Kier molecular flexibility index (Phi) is 5.91. The summed E-state index contributed by atoms with van der Waals surface area (Å²) in [6.45, 7) is -0.877. The molecule has 1 aromatic rings. The van der Waals surface area contributed by atoms with E-state index in [1.807, 2.05) is 0 Å². The molecule has 0 spiro atoms. The van der Waals surface area contributed by atoms with Gasteiger partial charge in [-0.3, -0.25) is 0 Å². The average molecular weight is 272 g/mol. The Hall–Kier alpha value is -1.99. The van der Waals surface area contributed by atoms with E-state index >= 15 is 0 Å². The normalized spacial score (nSPS) is 11.6. The first-order valence-electron chi connectivity index (χ1n) is 5.46. The molecular formula is C12H16O7. The summed E-state index contributed by atoms with van der Waals surface area (Å²) >= 11 is 0. The molecule has 0 aliphatic rings. The zero-order valence-electron chi connectivity index (χ0n) is 10.7. The topological polar surface area (TPSA) is 94.5 Å². The maximum Gasteiger partial charge on any atom is 0.514 e. The lowest BCUT2D eigenvalue weighted by Crippen LogP contribution is -2.23. The van der Waals surface area contributed by atoms with Crippen LogP contribution in [0.2, 0.25) is 0 Å². The summed E-state index contributed by atoms with van der Waals surface area (Å²) < 4.78 is 19.6. The molecule has 1 unspecified atom stereocenters. The number of aliphatic hydroxyl groups excluding tert-OH is 2. The fraction of sp³-hybridized carbons (Fsp3) is 0.417. The molecule has 1 atom stereocenters. The summed E-state index contributed by atoms with van der Waals surface area (Å²) in [7, 11) is 2.84. The zero-order valence-corrected chi connectivity index (χ0v) is 10.7. The van der Waals surface area contributed by atoms with Crippen LogP contribution < -0.4 is 14.2 Å². The summed E-state index contributed by atoms with van der Waals surface area (Å²) in [5.74, 6) is 0.689. The van der Waals surface area contributed by atoms with Gasteiger partial charge in [-0.2, -0.15) is 0 Å². The molecule has 0 saturated carbocycles. The van der Waals surface area contributed by atoms with Gasteiger partial charge >= 0.3 is 6.16 Å². The second kappa shape index (κ2) is 7.45. The van der Waals surface area contributed by atoms with E-state index in [0.29, 0.717) is 11.5 Å². The summed E-state index contributed by atoms with van der Waals surface area (Å²) in [6.07, 6.45) is -2.18. The highest BCUT2D eigenvalue weighted by Gasteiger charge is 2.17. The van der Waals surface area contributed by atoms with Crippen LogP contribution in [0.25, 0.3) is 0 Å². The Bertz CT molecular complexity index is 396. The Morgan fingerprint density at radius 3 is 2.32 bits per heavy atom. The molecule has 0 amide bonds. The maximum atomic E-state index is 11.4. The van der Waals surface area contributed by atoms with Crippen LogP contribution in [0.1, 0.15) is 0 Å². The standard InChI is InChI=1S/C12H16O7/c1-16-9-4-3-5-10(17-2)11(9)19-12(15)18-7-8(14)6-13/h3-5,8,13-14H,6-7H2,1-2H3. The first kappa shape index (κ1) is 15.1. The Morgan fingerprint density at radius 2 is 1.84 bits per heavy atom. The molecule has 0 heterocycles. The van der Waals surface area contributed by atoms with Gasteiger partial charge in [-0.25, -0.2) is 4.79 Å². The highest BCUT2D eigenvalue weighted by molar-refractivity contribution is 5.67. The van der Waals surface area contributed by atoms with Crippen LogP contribution in [-0.2, 0) is 4.74 Å². The van der Waals surface area contributed by atoms with Crippen LogP contribution in [0.3, 0.4) is 0 Å². The minimum atomic E-state index is -1.15. The van der Waals surface area contributed by atoms with Crippen molar-refractivity contribution in [1.82, 2.24) is 0 Å². The van der Waals surface area contributed by atoms with E-state index in [1.165, 1.54) is 14.2 Å². The number of carbonyl (C=O) groups excluding carboxylic acids is 1. The van der Waals surface area contributed by atoms with E-state index in [-0.39, 0.29) is 12.4 Å². The van der Waals surface area contributed by atoms with Crippen LogP contribution in [0.5, 0.6) is 17.2 Å². The number of benzene rings is 1. The van der Waals surface area contributed by atoms with Crippen LogP contribution >= 0.6 is 0 Å². The molecular weight excluding hydrogens is 256 g/mol. The van der Waals surface area contributed by atoms with E-state index in [2.05, 4.69) is 4.74 Å². The van der Waals surface area contributed by atoms with Gasteiger partial charge in [-0.1, -0.05) is 6.07 Å². The van der Waals surface area contributed by atoms with E-state index in [0.717, 1.165) is 0 Å². The minimum absolute atomic E-state index is 0.0796. The van der Waals surface area contributed by atoms with Gasteiger partial charge in [-0.15, -0.1) is 0 Å². The minimum Gasteiger partial charge on any atom is -0.493 e. The van der Waals surface area contributed by atoms with Gasteiger partial charge in [0.15, 0.2) is 11.5 Å². The third-order valence-corrected chi connectivity index (χ3v) is 2.17. The summed E-state index contributed by atoms with van der Waals surface area (Å²) in [4.78, 5) is 11.4. The number of hydrogen-bond donors (Lipinski definition) is 2. The molecule has 19 heavy (non-hydrogen) atoms. The number of carbonyl (C=O) groups is 1. The second-order valence-corrected chi connectivity index (χ2v) is 3.49. The van der Waals surface area contributed by atoms with E-state index in [9.17, 15) is 4.79 Å². The van der Waals surface area contributed by atoms with Crippen LogP contribution in [0.15, 0.2) is 18.2 Å². The van der Waals surface area contributed by atoms with Crippen molar-refractivity contribution in [2.45, 2.75) is 6.10 Å². The van der Waals surface area contributed by atoms with Gasteiger partial charge in [0.05, 0.1) is 20.8 Å². The Labute approximate surface area is 110 Å². The van der Waals surface area contributed by atoms with Crippen molar-refractivity contribution in [3.05, 3.63) is 18.2 Å². The van der Waals surface area contributed by atoms with E-state index < -0.39 is 18.9 Å². The molecule has 1 rings (SSSR count). The predicted octanol–water partition coefficient (Wildman–Crippen LogP) is 0.572. The van der Waals surface area contributed by atoms with E-state index in [4.69, 9.17) is 24.4 Å². The number of hydrogen-bond acceptors (Lipinski definition) is 7. The Balaban J connectivity index is 2.72. The van der Waals surface area contributed by atoms with E-state index in [1.54, 1.807) is 18.2 Å². The van der Waals surface area contributed by atoms with Crippen molar-refractivity contribution in [3.8, 4) is 17.2 Å². The summed E-state index contributed by atoms with van der Waals surface area (Å²) in [6, 6.07) is 4.85. The lowest BCUT2D eigenvalue weighted by molar-refractivity contribution is 0.0171. The highest BCUT2D eigenvalue weighted by Crippen LogP contribution is 2.36. The third-order valence-electron chi connectivity index (χ3n) is 2.17. The highest BCUT2D eigenvalue weighted by atomic mass is 16.7. The van der Waals surface area contributed by atoms with Gasteiger partial charge in [-0.05, 0) is 12.1 Å².